The zero-order valence-corrected chi connectivity index (χ0v) is 16.6. The van der Waals surface area contributed by atoms with Crippen molar-refractivity contribution in [1.29, 1.82) is 0 Å². The van der Waals surface area contributed by atoms with Crippen LogP contribution in [0.15, 0.2) is 27.8 Å². The minimum atomic E-state index is -4.12. The number of rotatable bonds is 8. The number of hydrogen-bond donors (Lipinski definition) is 3. The van der Waals surface area contributed by atoms with Gasteiger partial charge in [-0.15, -0.1) is 0 Å². The zero-order valence-electron chi connectivity index (χ0n) is 16.6. The highest BCUT2D eigenvalue weighted by Gasteiger charge is 2.32. The summed E-state index contributed by atoms with van der Waals surface area (Å²) in [5.74, 6) is 1.47. The van der Waals surface area contributed by atoms with Gasteiger partial charge in [-0.25, -0.2) is 4.99 Å². The van der Waals surface area contributed by atoms with Gasteiger partial charge in [0, 0.05) is 13.1 Å². The van der Waals surface area contributed by atoms with E-state index < -0.39 is 18.3 Å². The smallest absolute Gasteiger partial charge is 0.401 e. The third-order valence-corrected chi connectivity index (χ3v) is 4.90. The van der Waals surface area contributed by atoms with Crippen molar-refractivity contribution in [3.8, 4) is 0 Å². The normalized spacial score (nSPS) is 19.4. The highest BCUT2D eigenvalue weighted by atomic mass is 19.4. The predicted molar refractivity (Wildman–Crippen MR) is 102 cm³/mol. The molecular weight excluding hydrogens is 373 g/mol. The second-order valence-corrected chi connectivity index (χ2v) is 7.50. The molecule has 0 amide bonds. The number of alkyl halides is 3. The van der Waals surface area contributed by atoms with E-state index in [-0.39, 0.29) is 6.54 Å². The van der Waals surface area contributed by atoms with E-state index in [1.807, 2.05) is 6.92 Å². The van der Waals surface area contributed by atoms with Gasteiger partial charge < -0.3 is 20.2 Å². The lowest BCUT2D eigenvalue weighted by molar-refractivity contribution is -0.148. The van der Waals surface area contributed by atoms with Crippen LogP contribution in [0.3, 0.4) is 0 Å². The third kappa shape index (κ3) is 7.71. The maximum atomic E-state index is 12.5. The van der Waals surface area contributed by atoms with Gasteiger partial charge in [-0.05, 0) is 64.3 Å². The van der Waals surface area contributed by atoms with Gasteiger partial charge in [-0.2, -0.15) is 13.2 Å². The topological polar surface area (TPSA) is 73.0 Å². The molecule has 0 radical (unpaired) electrons. The van der Waals surface area contributed by atoms with Gasteiger partial charge in [0.15, 0.2) is 5.96 Å². The van der Waals surface area contributed by atoms with Crippen LogP contribution in [0.5, 0.6) is 0 Å². The summed E-state index contributed by atoms with van der Waals surface area (Å²) in [5, 5.41) is 16.9. The summed E-state index contributed by atoms with van der Waals surface area (Å²) in [6.45, 7) is 5.28. The molecule has 1 saturated heterocycles. The van der Waals surface area contributed by atoms with Gasteiger partial charge >= 0.3 is 6.18 Å². The zero-order chi connectivity index (χ0) is 20.6. The number of nitrogens with one attached hydrogen (secondary N) is 2. The first-order chi connectivity index (χ1) is 13.2. The first-order valence-corrected chi connectivity index (χ1v) is 9.77. The number of halogens is 3. The fourth-order valence-corrected chi connectivity index (χ4v) is 3.32. The molecule has 9 heteroatoms. The Morgan fingerprint density at radius 1 is 1.32 bits per heavy atom. The molecule has 0 spiro atoms. The SMILES string of the molecule is CCNC(=NCC(C)(O)c1ccco1)NCCC1CCN(CC(F)(F)F)CC1. The highest BCUT2D eigenvalue weighted by Crippen LogP contribution is 2.24. The number of furan rings is 1. The summed E-state index contributed by atoms with van der Waals surface area (Å²) in [5.41, 5.74) is -1.20. The predicted octanol–water partition coefficient (Wildman–Crippen LogP) is 2.71. The molecule has 1 atom stereocenters. The highest BCUT2D eigenvalue weighted by molar-refractivity contribution is 5.79. The lowest BCUT2D eigenvalue weighted by atomic mass is 9.93. The number of piperidine rings is 1. The molecule has 6 nitrogen and oxygen atoms in total. The second kappa shape index (κ2) is 10.2. The fourth-order valence-electron chi connectivity index (χ4n) is 3.32. The van der Waals surface area contributed by atoms with Gasteiger partial charge in [0.05, 0.1) is 19.4 Å². The van der Waals surface area contributed by atoms with E-state index in [0.29, 0.717) is 43.8 Å². The third-order valence-electron chi connectivity index (χ3n) is 4.90. The van der Waals surface area contributed by atoms with Crippen LogP contribution in [-0.4, -0.2) is 61.4 Å². The van der Waals surface area contributed by atoms with Crippen LogP contribution in [0.25, 0.3) is 0 Å². The number of hydrogen-bond acceptors (Lipinski definition) is 4. The van der Waals surface area contributed by atoms with E-state index in [2.05, 4.69) is 15.6 Å². The number of nitrogens with zero attached hydrogens (tertiary/aromatic N) is 2. The van der Waals surface area contributed by atoms with Crippen molar-refractivity contribution in [2.45, 2.75) is 44.9 Å². The van der Waals surface area contributed by atoms with Crippen LogP contribution < -0.4 is 10.6 Å². The molecule has 1 aromatic heterocycles. The first kappa shape index (κ1) is 22.5. The minimum Gasteiger partial charge on any atom is -0.466 e. The molecule has 0 aliphatic carbocycles. The Hall–Kier alpha value is -1.74. The number of likely N-dealkylation sites (tertiary alicyclic amines) is 1. The van der Waals surface area contributed by atoms with Crippen LogP contribution >= 0.6 is 0 Å². The van der Waals surface area contributed by atoms with Crippen LogP contribution in [-0.2, 0) is 5.60 Å². The first-order valence-electron chi connectivity index (χ1n) is 9.77. The minimum absolute atomic E-state index is 0.145. The van der Waals surface area contributed by atoms with Crippen molar-refractivity contribution in [1.82, 2.24) is 15.5 Å². The molecule has 0 aromatic carbocycles. The average molecular weight is 404 g/mol. The van der Waals surface area contributed by atoms with E-state index in [1.54, 1.807) is 19.1 Å². The second-order valence-electron chi connectivity index (χ2n) is 7.50. The van der Waals surface area contributed by atoms with Crippen LogP contribution in [0, 0.1) is 5.92 Å². The van der Waals surface area contributed by atoms with Crippen molar-refractivity contribution in [2.24, 2.45) is 10.9 Å². The number of aliphatic imine (C=N–C) groups is 1. The average Bonchev–Trinajstić information content (AvgIpc) is 3.15. The molecule has 160 valence electrons. The molecule has 0 bridgehead atoms. The van der Waals surface area contributed by atoms with Crippen LogP contribution in [0.1, 0.15) is 38.9 Å². The van der Waals surface area contributed by atoms with Gasteiger partial charge in [-0.1, -0.05) is 0 Å². The Morgan fingerprint density at radius 3 is 2.61 bits per heavy atom. The Morgan fingerprint density at radius 2 is 2.04 bits per heavy atom. The Kier molecular flexibility index (Phi) is 8.18. The summed E-state index contributed by atoms with van der Waals surface area (Å²) in [7, 11) is 0. The van der Waals surface area contributed by atoms with Crippen molar-refractivity contribution in [2.75, 3.05) is 39.3 Å². The number of guanidine groups is 1. The summed E-state index contributed by atoms with van der Waals surface area (Å²) in [4.78, 5) is 5.91. The van der Waals surface area contributed by atoms with Crippen molar-refractivity contribution in [3.05, 3.63) is 24.2 Å². The van der Waals surface area contributed by atoms with Crippen LogP contribution in [0.2, 0.25) is 0 Å². The van der Waals surface area contributed by atoms with Gasteiger partial charge in [0.2, 0.25) is 0 Å². The fraction of sp³-hybridized carbons (Fsp3) is 0.737. The van der Waals surface area contributed by atoms with E-state index in [1.165, 1.54) is 11.2 Å². The molecule has 1 unspecified atom stereocenters. The molecule has 28 heavy (non-hydrogen) atoms. The van der Waals surface area contributed by atoms with Crippen molar-refractivity contribution in [3.63, 3.8) is 0 Å². The molecular formula is C19H31F3N4O2. The lowest BCUT2D eigenvalue weighted by Crippen LogP contribution is -2.42. The quantitative estimate of drug-likeness (QED) is 0.459. The van der Waals surface area contributed by atoms with Crippen molar-refractivity contribution >= 4 is 5.96 Å². The monoisotopic (exact) mass is 404 g/mol. The summed E-state index contributed by atoms with van der Waals surface area (Å²) < 4.78 is 42.6. The van der Waals surface area contributed by atoms with Gasteiger partial charge in [-0.3, -0.25) is 4.90 Å². The molecule has 1 aliphatic rings. The lowest BCUT2D eigenvalue weighted by Gasteiger charge is -2.32. The Labute approximate surface area is 164 Å². The summed E-state index contributed by atoms with van der Waals surface area (Å²) >= 11 is 0. The standard InChI is InChI=1S/C19H31F3N4O2/c1-3-23-17(25-13-18(2,27)16-5-4-12-28-16)24-9-6-15-7-10-26(11-8-15)14-19(20,21)22/h4-5,12,15,27H,3,6-11,13-14H2,1-2H3,(H2,23,24,25). The van der Waals surface area contributed by atoms with E-state index in [0.717, 1.165) is 19.3 Å². The van der Waals surface area contributed by atoms with Crippen molar-refractivity contribution < 1.29 is 22.7 Å². The molecule has 0 saturated carbocycles. The summed E-state index contributed by atoms with van der Waals surface area (Å²) in [6, 6.07) is 3.43. The van der Waals surface area contributed by atoms with E-state index in [4.69, 9.17) is 4.42 Å². The maximum Gasteiger partial charge on any atom is 0.401 e. The Bertz CT molecular complexity index is 595. The van der Waals surface area contributed by atoms with Crippen LogP contribution in [0.4, 0.5) is 13.2 Å². The molecule has 1 aliphatic heterocycles. The van der Waals surface area contributed by atoms with E-state index in [9.17, 15) is 18.3 Å². The van der Waals surface area contributed by atoms with E-state index >= 15 is 0 Å². The molecule has 2 rings (SSSR count). The molecule has 1 fully saturated rings. The van der Waals surface area contributed by atoms with Gasteiger partial charge in [0.25, 0.3) is 0 Å². The van der Waals surface area contributed by atoms with Gasteiger partial charge in [0.1, 0.15) is 11.4 Å². The number of aliphatic hydroxyl groups is 1. The molecule has 2 heterocycles. The summed E-state index contributed by atoms with van der Waals surface area (Å²) in [6.07, 6.45) is -0.185. The molecule has 3 N–H and O–H groups in total. The maximum absolute atomic E-state index is 12.5. The Balaban J connectivity index is 1.75. The molecule has 1 aromatic rings. The largest absolute Gasteiger partial charge is 0.466 e.